The summed E-state index contributed by atoms with van der Waals surface area (Å²) in [6.07, 6.45) is 0. The third-order valence-corrected chi connectivity index (χ3v) is 2.93. The predicted octanol–water partition coefficient (Wildman–Crippen LogP) is 3.37. The van der Waals surface area contributed by atoms with Crippen LogP contribution in [-0.2, 0) is 0 Å². The molecule has 2 aromatic carbocycles. The van der Waals surface area contributed by atoms with Gasteiger partial charge in [-0.25, -0.2) is 0 Å². The minimum absolute atomic E-state index is 0.128. The molecule has 0 unspecified atom stereocenters. The number of halogens is 1. The summed E-state index contributed by atoms with van der Waals surface area (Å²) in [5.41, 5.74) is 0.0308. The maximum atomic E-state index is 12.2. The molecule has 0 aromatic heterocycles. The minimum Gasteiger partial charge on any atom is -0.321 e. The topological polar surface area (TPSA) is 96.0 Å². The molecular formula is C14H8ClN3O3. The van der Waals surface area contributed by atoms with Crippen molar-refractivity contribution >= 4 is 28.9 Å². The molecule has 0 aliphatic heterocycles. The van der Waals surface area contributed by atoms with Crippen LogP contribution < -0.4 is 5.32 Å². The Bertz CT molecular complexity index is 768. The molecular weight excluding hydrogens is 294 g/mol. The number of para-hydroxylation sites is 1. The van der Waals surface area contributed by atoms with E-state index >= 15 is 0 Å². The maximum absolute atomic E-state index is 12.2. The second kappa shape index (κ2) is 6.03. The molecule has 0 aliphatic carbocycles. The van der Waals surface area contributed by atoms with Crippen molar-refractivity contribution in [2.45, 2.75) is 0 Å². The Morgan fingerprint density at radius 3 is 2.67 bits per heavy atom. The van der Waals surface area contributed by atoms with E-state index in [0.29, 0.717) is 0 Å². The molecule has 0 radical (unpaired) electrons. The monoisotopic (exact) mass is 301 g/mol. The van der Waals surface area contributed by atoms with Gasteiger partial charge in [0.05, 0.1) is 16.2 Å². The van der Waals surface area contributed by atoms with E-state index in [1.54, 1.807) is 12.1 Å². The Hall–Kier alpha value is -2.91. The number of carbonyl (C=O) groups excluding carboxylic acids is 1. The second-order valence-electron chi connectivity index (χ2n) is 4.03. The number of hydrogen-bond acceptors (Lipinski definition) is 4. The largest absolute Gasteiger partial charge is 0.321 e. The van der Waals surface area contributed by atoms with Gasteiger partial charge in [-0.2, -0.15) is 5.26 Å². The van der Waals surface area contributed by atoms with Crippen LogP contribution in [0.25, 0.3) is 0 Å². The molecule has 0 atom stereocenters. The quantitative estimate of drug-likeness (QED) is 0.694. The molecule has 0 spiro atoms. The number of amides is 1. The molecule has 1 N–H and O–H groups in total. The molecule has 2 rings (SSSR count). The predicted molar refractivity (Wildman–Crippen MR) is 77.2 cm³/mol. The van der Waals surface area contributed by atoms with Crippen LogP contribution in [0.4, 0.5) is 11.4 Å². The van der Waals surface area contributed by atoms with E-state index in [-0.39, 0.29) is 21.8 Å². The first-order valence-corrected chi connectivity index (χ1v) is 6.15. The van der Waals surface area contributed by atoms with Gasteiger partial charge in [0.25, 0.3) is 11.6 Å². The lowest BCUT2D eigenvalue weighted by Crippen LogP contribution is -2.14. The lowest BCUT2D eigenvalue weighted by atomic mass is 10.1. The summed E-state index contributed by atoms with van der Waals surface area (Å²) < 4.78 is 0. The van der Waals surface area contributed by atoms with Crippen LogP contribution in [0.2, 0.25) is 5.02 Å². The Balaban J connectivity index is 2.38. The Kier molecular flexibility index (Phi) is 4.16. The fraction of sp³-hybridized carbons (Fsp3) is 0. The highest BCUT2D eigenvalue weighted by Gasteiger charge is 2.21. The molecule has 0 saturated heterocycles. The number of nitro benzene ring substituents is 1. The van der Waals surface area contributed by atoms with Crippen molar-refractivity contribution < 1.29 is 9.72 Å². The van der Waals surface area contributed by atoms with Crippen LogP contribution >= 0.6 is 11.6 Å². The summed E-state index contributed by atoms with van der Waals surface area (Å²) in [7, 11) is 0. The van der Waals surface area contributed by atoms with E-state index in [1.807, 2.05) is 6.07 Å². The molecule has 0 saturated carbocycles. The summed E-state index contributed by atoms with van der Waals surface area (Å²) >= 11 is 5.69. The van der Waals surface area contributed by atoms with Crippen LogP contribution in [0, 0.1) is 21.4 Å². The van der Waals surface area contributed by atoms with E-state index in [4.69, 9.17) is 16.9 Å². The third kappa shape index (κ3) is 3.16. The smallest absolute Gasteiger partial charge is 0.283 e. The van der Waals surface area contributed by atoms with Gasteiger partial charge in [-0.15, -0.1) is 0 Å². The Morgan fingerprint density at radius 2 is 2.00 bits per heavy atom. The van der Waals surface area contributed by atoms with E-state index < -0.39 is 16.5 Å². The summed E-state index contributed by atoms with van der Waals surface area (Å²) in [6, 6.07) is 12.1. The van der Waals surface area contributed by atoms with Crippen LogP contribution in [0.3, 0.4) is 0 Å². The fourth-order valence-corrected chi connectivity index (χ4v) is 1.89. The van der Waals surface area contributed by atoms with Crippen LogP contribution in [0.15, 0.2) is 42.5 Å². The molecule has 2 aromatic rings. The molecule has 7 heteroatoms. The molecule has 0 bridgehead atoms. The summed E-state index contributed by atoms with van der Waals surface area (Å²) in [5, 5.41) is 22.6. The average Bonchev–Trinajstić information content (AvgIpc) is 2.47. The number of hydrogen-bond donors (Lipinski definition) is 1. The zero-order valence-corrected chi connectivity index (χ0v) is 11.3. The van der Waals surface area contributed by atoms with Gasteiger partial charge in [0, 0.05) is 11.1 Å². The summed E-state index contributed by atoms with van der Waals surface area (Å²) in [5.74, 6) is -0.680. The summed E-state index contributed by atoms with van der Waals surface area (Å²) in [4.78, 5) is 22.4. The number of nitrogens with zero attached hydrogens (tertiary/aromatic N) is 2. The minimum atomic E-state index is -0.684. The van der Waals surface area contributed by atoms with E-state index in [0.717, 1.165) is 6.07 Å². The van der Waals surface area contributed by atoms with Gasteiger partial charge < -0.3 is 5.32 Å². The van der Waals surface area contributed by atoms with Gasteiger partial charge in [-0.1, -0.05) is 23.7 Å². The lowest BCUT2D eigenvalue weighted by Gasteiger charge is -2.07. The Morgan fingerprint density at radius 1 is 1.29 bits per heavy atom. The van der Waals surface area contributed by atoms with E-state index in [2.05, 4.69) is 5.32 Å². The normalized spacial score (nSPS) is 9.71. The number of nitriles is 1. The number of nitrogens with one attached hydrogen (secondary N) is 1. The molecule has 0 fully saturated rings. The van der Waals surface area contributed by atoms with Crippen molar-refractivity contribution in [3.05, 3.63) is 68.7 Å². The average molecular weight is 302 g/mol. The van der Waals surface area contributed by atoms with Crippen molar-refractivity contribution in [2.24, 2.45) is 0 Å². The number of carbonyl (C=O) groups is 1. The van der Waals surface area contributed by atoms with E-state index in [9.17, 15) is 14.9 Å². The van der Waals surface area contributed by atoms with Gasteiger partial charge in [0.15, 0.2) is 0 Å². The van der Waals surface area contributed by atoms with Gasteiger partial charge in [0.2, 0.25) is 0 Å². The van der Waals surface area contributed by atoms with Crippen LogP contribution in [-0.4, -0.2) is 10.8 Å². The molecule has 0 aliphatic rings. The number of anilines is 1. The maximum Gasteiger partial charge on any atom is 0.283 e. The zero-order chi connectivity index (χ0) is 15.4. The van der Waals surface area contributed by atoms with Crippen molar-refractivity contribution in [1.82, 2.24) is 0 Å². The molecule has 0 heterocycles. The van der Waals surface area contributed by atoms with Crippen molar-refractivity contribution in [3.8, 4) is 6.07 Å². The number of benzene rings is 2. The van der Waals surface area contributed by atoms with Gasteiger partial charge in [0.1, 0.15) is 11.6 Å². The first-order chi connectivity index (χ1) is 10.0. The van der Waals surface area contributed by atoms with Crippen molar-refractivity contribution in [3.63, 3.8) is 0 Å². The second-order valence-corrected chi connectivity index (χ2v) is 4.47. The van der Waals surface area contributed by atoms with Gasteiger partial charge >= 0.3 is 0 Å². The number of rotatable bonds is 3. The highest BCUT2D eigenvalue weighted by Crippen LogP contribution is 2.24. The van der Waals surface area contributed by atoms with Crippen LogP contribution in [0.5, 0.6) is 0 Å². The Labute approximate surface area is 124 Å². The molecule has 6 nitrogen and oxygen atoms in total. The molecule has 21 heavy (non-hydrogen) atoms. The van der Waals surface area contributed by atoms with Crippen molar-refractivity contribution in [2.75, 3.05) is 5.32 Å². The van der Waals surface area contributed by atoms with Crippen molar-refractivity contribution in [1.29, 1.82) is 5.26 Å². The lowest BCUT2D eigenvalue weighted by molar-refractivity contribution is -0.385. The highest BCUT2D eigenvalue weighted by atomic mass is 35.5. The summed E-state index contributed by atoms with van der Waals surface area (Å²) in [6.45, 7) is 0. The fourth-order valence-electron chi connectivity index (χ4n) is 1.73. The first kappa shape index (κ1) is 14.5. The van der Waals surface area contributed by atoms with Gasteiger partial charge in [-0.3, -0.25) is 14.9 Å². The first-order valence-electron chi connectivity index (χ1n) is 5.77. The standard InChI is InChI=1S/C14H8ClN3O3/c15-10-5-6-11(13(7-10)18(20)21)14(19)17-12-4-2-1-3-9(12)8-16/h1-7H,(H,17,19). The van der Waals surface area contributed by atoms with Gasteiger partial charge in [-0.05, 0) is 24.3 Å². The van der Waals surface area contributed by atoms with Crippen LogP contribution in [0.1, 0.15) is 15.9 Å². The number of nitro groups is 1. The highest BCUT2D eigenvalue weighted by molar-refractivity contribution is 6.31. The molecule has 104 valence electrons. The van der Waals surface area contributed by atoms with E-state index in [1.165, 1.54) is 24.3 Å². The zero-order valence-electron chi connectivity index (χ0n) is 10.5. The molecule has 1 amide bonds. The SMILES string of the molecule is N#Cc1ccccc1NC(=O)c1ccc(Cl)cc1[N+](=O)[O-]. The third-order valence-electron chi connectivity index (χ3n) is 2.70.